The van der Waals surface area contributed by atoms with Crippen molar-refractivity contribution in [1.29, 1.82) is 0 Å². The molecule has 134 valence electrons. The van der Waals surface area contributed by atoms with E-state index in [4.69, 9.17) is 4.74 Å². The maximum Gasteiger partial charge on any atom is 0.242 e. The van der Waals surface area contributed by atoms with Gasteiger partial charge in [-0.25, -0.2) is 17.7 Å². The molecule has 0 saturated carbocycles. The van der Waals surface area contributed by atoms with Crippen LogP contribution in [0.4, 0.5) is 5.69 Å². The van der Waals surface area contributed by atoms with E-state index in [2.05, 4.69) is 10.3 Å². The second-order valence-electron chi connectivity index (χ2n) is 5.15. The number of amides is 1. The van der Waals surface area contributed by atoms with E-state index >= 15 is 0 Å². The van der Waals surface area contributed by atoms with E-state index in [0.29, 0.717) is 11.4 Å². The molecule has 7 nitrogen and oxygen atoms in total. The summed E-state index contributed by atoms with van der Waals surface area (Å²) in [6.07, 6.45) is 1.65. The molecule has 1 aromatic carbocycles. The average molecular weight is 381 g/mol. The zero-order valence-corrected chi connectivity index (χ0v) is 15.7. The number of rotatable bonds is 7. The molecule has 25 heavy (non-hydrogen) atoms. The molecule has 0 bridgehead atoms. The first-order valence-electron chi connectivity index (χ1n) is 7.29. The second kappa shape index (κ2) is 8.32. The van der Waals surface area contributed by atoms with Crippen molar-refractivity contribution in [2.75, 3.05) is 32.3 Å². The van der Waals surface area contributed by atoms with E-state index in [9.17, 15) is 13.2 Å². The molecular formula is C16H19N3O4S2. The molecular weight excluding hydrogens is 362 g/mol. The van der Waals surface area contributed by atoms with Crippen LogP contribution in [-0.2, 0) is 14.8 Å². The van der Waals surface area contributed by atoms with Crippen molar-refractivity contribution in [1.82, 2.24) is 9.29 Å². The van der Waals surface area contributed by atoms with Crippen molar-refractivity contribution < 1.29 is 17.9 Å². The third kappa shape index (κ3) is 4.94. The number of pyridine rings is 1. The molecule has 2 rings (SSSR count). The predicted molar refractivity (Wildman–Crippen MR) is 97.5 cm³/mol. The molecule has 1 amide bonds. The lowest BCUT2D eigenvalue weighted by Gasteiger charge is -2.15. The number of methoxy groups -OCH3 is 1. The summed E-state index contributed by atoms with van der Waals surface area (Å²) in [6.45, 7) is 0. The Bertz CT molecular complexity index is 840. The number of thioether (sulfide) groups is 1. The molecule has 0 aliphatic carbocycles. The van der Waals surface area contributed by atoms with Gasteiger partial charge in [0.25, 0.3) is 0 Å². The quantitative estimate of drug-likeness (QED) is 0.739. The van der Waals surface area contributed by atoms with Crippen LogP contribution in [-0.4, -0.2) is 50.6 Å². The summed E-state index contributed by atoms with van der Waals surface area (Å²) >= 11 is 1.29. The molecule has 1 aromatic heterocycles. The topological polar surface area (TPSA) is 88.6 Å². The number of hydrogen-bond acceptors (Lipinski definition) is 6. The normalized spacial score (nSPS) is 11.4. The van der Waals surface area contributed by atoms with Crippen LogP contribution in [0.5, 0.6) is 5.75 Å². The number of sulfonamides is 1. The molecule has 1 heterocycles. The Hall–Kier alpha value is -2.10. The maximum atomic E-state index is 12.2. The molecule has 1 N–H and O–H groups in total. The number of benzene rings is 1. The number of aromatic nitrogens is 1. The summed E-state index contributed by atoms with van der Waals surface area (Å²) in [5.41, 5.74) is 0.303. The highest BCUT2D eigenvalue weighted by Gasteiger charge is 2.19. The summed E-state index contributed by atoms with van der Waals surface area (Å²) in [6, 6.07) is 9.78. The number of nitrogens with zero attached hydrogens (tertiary/aromatic N) is 2. The van der Waals surface area contributed by atoms with Crippen LogP contribution < -0.4 is 10.1 Å². The molecule has 0 spiro atoms. The van der Waals surface area contributed by atoms with Gasteiger partial charge in [0.15, 0.2) is 0 Å². The minimum atomic E-state index is -3.60. The van der Waals surface area contributed by atoms with Gasteiger partial charge in [-0.05, 0) is 30.3 Å². The Kier molecular flexibility index (Phi) is 6.40. The molecule has 0 radical (unpaired) electrons. The van der Waals surface area contributed by atoms with Gasteiger partial charge in [-0.3, -0.25) is 4.79 Å². The molecule has 0 saturated heterocycles. The van der Waals surface area contributed by atoms with Gasteiger partial charge >= 0.3 is 0 Å². The third-order valence-electron chi connectivity index (χ3n) is 3.21. The number of ether oxygens (including phenoxy) is 1. The summed E-state index contributed by atoms with van der Waals surface area (Å²) < 4.78 is 30.8. The fourth-order valence-corrected chi connectivity index (χ4v) is 3.50. The van der Waals surface area contributed by atoms with Crippen LogP contribution in [0.25, 0.3) is 0 Å². The van der Waals surface area contributed by atoms with Crippen molar-refractivity contribution in [2.45, 2.75) is 9.92 Å². The molecule has 2 aromatic rings. The summed E-state index contributed by atoms with van der Waals surface area (Å²) in [4.78, 5) is 16.4. The highest BCUT2D eigenvalue weighted by molar-refractivity contribution is 7.99. The smallest absolute Gasteiger partial charge is 0.242 e. The van der Waals surface area contributed by atoms with E-state index in [1.807, 2.05) is 12.1 Å². The van der Waals surface area contributed by atoms with Crippen LogP contribution in [0, 0.1) is 0 Å². The van der Waals surface area contributed by atoms with E-state index < -0.39 is 10.0 Å². The molecule has 0 fully saturated rings. The van der Waals surface area contributed by atoms with E-state index in [0.717, 1.165) is 9.33 Å². The Morgan fingerprint density at radius 1 is 1.28 bits per heavy atom. The Balaban J connectivity index is 2.15. The van der Waals surface area contributed by atoms with Gasteiger partial charge in [-0.1, -0.05) is 17.8 Å². The average Bonchev–Trinajstić information content (AvgIpc) is 2.60. The van der Waals surface area contributed by atoms with Crippen molar-refractivity contribution >= 4 is 33.4 Å². The van der Waals surface area contributed by atoms with Gasteiger partial charge in [0, 0.05) is 20.3 Å². The van der Waals surface area contributed by atoms with Gasteiger partial charge in [0.05, 0.1) is 28.5 Å². The summed E-state index contributed by atoms with van der Waals surface area (Å²) in [5.74, 6) is 0.243. The van der Waals surface area contributed by atoms with Gasteiger partial charge in [-0.2, -0.15) is 0 Å². The van der Waals surface area contributed by atoms with Crippen molar-refractivity contribution in [3.63, 3.8) is 0 Å². The zero-order valence-electron chi connectivity index (χ0n) is 14.1. The van der Waals surface area contributed by atoms with Crippen LogP contribution in [0.2, 0.25) is 0 Å². The molecule has 0 aliphatic heterocycles. The standard InChI is InChI=1S/C16H19N3O4S2/c1-19(2)25(21,22)12-7-8-14(23-3)13(10-12)18-15(20)11-24-16-6-4-5-9-17-16/h4-10H,11H2,1-3H3,(H,18,20). The van der Waals surface area contributed by atoms with Crippen LogP contribution in [0.15, 0.2) is 52.5 Å². The number of anilines is 1. The zero-order chi connectivity index (χ0) is 18.4. The largest absolute Gasteiger partial charge is 0.495 e. The maximum absolute atomic E-state index is 12.2. The third-order valence-corrected chi connectivity index (χ3v) is 5.97. The number of carbonyl (C=O) groups is 1. The first kappa shape index (κ1) is 19.2. The second-order valence-corrected chi connectivity index (χ2v) is 8.30. The van der Waals surface area contributed by atoms with Crippen molar-refractivity contribution in [2.24, 2.45) is 0 Å². The predicted octanol–water partition coefficient (Wildman–Crippen LogP) is 2.07. The summed E-state index contributed by atoms with van der Waals surface area (Å²) in [7, 11) is 0.739. The minimum Gasteiger partial charge on any atom is -0.495 e. The molecule has 0 aliphatic rings. The minimum absolute atomic E-state index is 0.0750. The van der Waals surface area contributed by atoms with Crippen LogP contribution >= 0.6 is 11.8 Å². The molecule has 0 atom stereocenters. The fourth-order valence-electron chi connectivity index (χ4n) is 1.91. The van der Waals surface area contributed by atoms with Crippen molar-refractivity contribution in [3.05, 3.63) is 42.6 Å². The SMILES string of the molecule is COc1ccc(S(=O)(=O)N(C)C)cc1NC(=O)CSc1ccccn1. The van der Waals surface area contributed by atoms with Crippen LogP contribution in [0.3, 0.4) is 0 Å². The lowest BCUT2D eigenvalue weighted by atomic mass is 10.3. The van der Waals surface area contributed by atoms with Crippen molar-refractivity contribution in [3.8, 4) is 5.75 Å². The first-order chi connectivity index (χ1) is 11.8. The Morgan fingerprint density at radius 2 is 2.04 bits per heavy atom. The molecule has 9 heteroatoms. The van der Waals surface area contributed by atoms with Gasteiger partial charge in [0.2, 0.25) is 15.9 Å². The van der Waals surface area contributed by atoms with E-state index in [1.165, 1.54) is 51.2 Å². The number of nitrogens with one attached hydrogen (secondary N) is 1. The number of hydrogen-bond donors (Lipinski definition) is 1. The Morgan fingerprint density at radius 3 is 2.64 bits per heavy atom. The van der Waals surface area contributed by atoms with Gasteiger partial charge in [0.1, 0.15) is 5.75 Å². The van der Waals surface area contributed by atoms with E-state index in [1.54, 1.807) is 12.3 Å². The highest BCUT2D eigenvalue weighted by atomic mass is 32.2. The summed E-state index contributed by atoms with van der Waals surface area (Å²) in [5, 5.41) is 3.42. The highest BCUT2D eigenvalue weighted by Crippen LogP contribution is 2.28. The first-order valence-corrected chi connectivity index (χ1v) is 9.71. The Labute approximate surface area is 151 Å². The van der Waals surface area contributed by atoms with Gasteiger partial charge < -0.3 is 10.1 Å². The molecule has 0 unspecified atom stereocenters. The monoisotopic (exact) mass is 381 g/mol. The van der Waals surface area contributed by atoms with Crippen LogP contribution in [0.1, 0.15) is 0 Å². The lowest BCUT2D eigenvalue weighted by Crippen LogP contribution is -2.22. The number of carbonyl (C=O) groups excluding carboxylic acids is 1. The lowest BCUT2D eigenvalue weighted by molar-refractivity contribution is -0.113. The van der Waals surface area contributed by atoms with E-state index in [-0.39, 0.29) is 16.6 Å². The van der Waals surface area contributed by atoms with Gasteiger partial charge in [-0.15, -0.1) is 0 Å². The fraction of sp³-hybridized carbons (Fsp3) is 0.250.